The first-order chi connectivity index (χ1) is 12.3. The molecule has 1 aliphatic rings. The van der Waals surface area contributed by atoms with Crippen LogP contribution in [0.1, 0.15) is 5.56 Å². The molecular weight excluding hydrogens is 313 g/mol. The number of pyridine rings is 1. The minimum absolute atomic E-state index is 0.161. The van der Waals surface area contributed by atoms with E-state index in [2.05, 4.69) is 33.0 Å². The molecular formula is C21H22FN3. The monoisotopic (exact) mass is 335 g/mol. The van der Waals surface area contributed by atoms with Gasteiger partial charge in [0.25, 0.3) is 0 Å². The molecule has 0 N–H and O–H groups in total. The molecule has 4 rings (SSSR count). The quantitative estimate of drug-likeness (QED) is 0.724. The molecule has 3 aromatic rings. The van der Waals surface area contributed by atoms with Crippen LogP contribution in [0.25, 0.3) is 10.8 Å². The average molecular weight is 335 g/mol. The highest BCUT2D eigenvalue weighted by Gasteiger charge is 2.17. The first kappa shape index (κ1) is 16.0. The molecule has 1 saturated heterocycles. The van der Waals surface area contributed by atoms with Gasteiger partial charge in [-0.05, 0) is 47.7 Å². The number of hydrogen-bond acceptors (Lipinski definition) is 3. The minimum Gasteiger partial charge on any atom is -0.369 e. The van der Waals surface area contributed by atoms with E-state index in [0.717, 1.165) is 44.8 Å². The Morgan fingerprint density at radius 3 is 2.64 bits per heavy atom. The van der Waals surface area contributed by atoms with Gasteiger partial charge in [-0.2, -0.15) is 0 Å². The predicted molar refractivity (Wildman–Crippen MR) is 101 cm³/mol. The maximum atomic E-state index is 13.4. The molecule has 128 valence electrons. The van der Waals surface area contributed by atoms with Crippen LogP contribution in [-0.4, -0.2) is 42.6 Å². The van der Waals surface area contributed by atoms with Crippen molar-refractivity contribution in [3.05, 3.63) is 72.3 Å². The molecule has 4 heteroatoms. The van der Waals surface area contributed by atoms with Gasteiger partial charge in [0, 0.05) is 56.2 Å². The smallest absolute Gasteiger partial charge is 0.125 e. The summed E-state index contributed by atoms with van der Waals surface area (Å²) in [5, 5.41) is 2.44. The van der Waals surface area contributed by atoms with Crippen LogP contribution in [0.15, 0.2) is 60.9 Å². The van der Waals surface area contributed by atoms with Crippen LogP contribution in [0, 0.1) is 5.82 Å². The van der Waals surface area contributed by atoms with Crippen LogP contribution in [-0.2, 0) is 6.42 Å². The van der Waals surface area contributed by atoms with E-state index in [0.29, 0.717) is 0 Å². The fourth-order valence-corrected chi connectivity index (χ4v) is 3.48. The van der Waals surface area contributed by atoms with E-state index >= 15 is 0 Å². The molecule has 0 amide bonds. The zero-order valence-electron chi connectivity index (χ0n) is 14.2. The lowest BCUT2D eigenvalue weighted by molar-refractivity contribution is 0.261. The molecule has 0 aliphatic carbocycles. The van der Waals surface area contributed by atoms with Crippen LogP contribution in [0.5, 0.6) is 0 Å². The third-order valence-corrected chi connectivity index (χ3v) is 4.97. The zero-order chi connectivity index (χ0) is 17.1. The molecule has 2 heterocycles. The van der Waals surface area contributed by atoms with E-state index in [1.165, 1.54) is 22.4 Å². The number of aromatic nitrogens is 1. The van der Waals surface area contributed by atoms with Crippen molar-refractivity contribution in [2.75, 3.05) is 37.6 Å². The van der Waals surface area contributed by atoms with Gasteiger partial charge in [-0.25, -0.2) is 4.39 Å². The summed E-state index contributed by atoms with van der Waals surface area (Å²) in [5.41, 5.74) is 2.34. The maximum Gasteiger partial charge on any atom is 0.125 e. The van der Waals surface area contributed by atoms with Crippen molar-refractivity contribution in [2.24, 2.45) is 0 Å². The summed E-state index contributed by atoms with van der Waals surface area (Å²) in [6.07, 6.45) is 4.81. The number of nitrogens with zero attached hydrogens (tertiary/aromatic N) is 3. The molecule has 0 radical (unpaired) electrons. The van der Waals surface area contributed by atoms with Crippen LogP contribution in [0.2, 0.25) is 0 Å². The summed E-state index contributed by atoms with van der Waals surface area (Å²) in [7, 11) is 0. The Kier molecular flexibility index (Phi) is 4.61. The minimum atomic E-state index is -0.161. The second-order valence-electron chi connectivity index (χ2n) is 6.62. The number of rotatable bonds is 4. The molecule has 0 unspecified atom stereocenters. The lowest BCUT2D eigenvalue weighted by Crippen LogP contribution is -2.47. The first-order valence-electron chi connectivity index (χ1n) is 8.83. The Morgan fingerprint density at radius 2 is 1.80 bits per heavy atom. The molecule has 2 aromatic carbocycles. The molecule has 0 bridgehead atoms. The van der Waals surface area contributed by atoms with Gasteiger partial charge in [0.2, 0.25) is 0 Å². The summed E-state index contributed by atoms with van der Waals surface area (Å²) < 4.78 is 13.4. The topological polar surface area (TPSA) is 19.4 Å². The van der Waals surface area contributed by atoms with Crippen molar-refractivity contribution in [1.29, 1.82) is 0 Å². The number of benzene rings is 2. The average Bonchev–Trinajstić information content (AvgIpc) is 2.66. The highest BCUT2D eigenvalue weighted by Crippen LogP contribution is 2.18. The number of halogens is 1. The summed E-state index contributed by atoms with van der Waals surface area (Å²) >= 11 is 0. The number of fused-ring (bicyclic) bond motifs is 1. The predicted octanol–water partition coefficient (Wildman–Crippen LogP) is 3.74. The largest absolute Gasteiger partial charge is 0.369 e. The Hall–Kier alpha value is -2.46. The lowest BCUT2D eigenvalue weighted by atomic mass is 10.1. The molecule has 0 spiro atoms. The second kappa shape index (κ2) is 7.19. The molecule has 0 saturated carbocycles. The Balaban J connectivity index is 1.32. The van der Waals surface area contributed by atoms with Gasteiger partial charge in [-0.3, -0.25) is 9.88 Å². The van der Waals surface area contributed by atoms with Crippen molar-refractivity contribution in [3.8, 4) is 0 Å². The van der Waals surface area contributed by atoms with Crippen LogP contribution >= 0.6 is 0 Å². The molecule has 0 atom stereocenters. The number of hydrogen-bond donors (Lipinski definition) is 0. The SMILES string of the molecule is Fc1cccc(N2CCN(CCc3ccc4ccncc4c3)CC2)c1. The van der Waals surface area contributed by atoms with Crippen LogP contribution in [0.4, 0.5) is 10.1 Å². The van der Waals surface area contributed by atoms with Crippen molar-refractivity contribution < 1.29 is 4.39 Å². The zero-order valence-corrected chi connectivity index (χ0v) is 14.2. The molecule has 3 nitrogen and oxygen atoms in total. The number of piperazine rings is 1. The summed E-state index contributed by atoms with van der Waals surface area (Å²) in [5.74, 6) is -0.161. The van der Waals surface area contributed by atoms with Crippen LogP contribution in [0.3, 0.4) is 0 Å². The van der Waals surface area contributed by atoms with Gasteiger partial charge in [-0.15, -0.1) is 0 Å². The van der Waals surface area contributed by atoms with E-state index in [1.807, 2.05) is 24.5 Å². The van der Waals surface area contributed by atoms with Gasteiger partial charge >= 0.3 is 0 Å². The van der Waals surface area contributed by atoms with Crippen LogP contribution < -0.4 is 4.90 Å². The van der Waals surface area contributed by atoms with Gasteiger partial charge in [-0.1, -0.05) is 18.2 Å². The van der Waals surface area contributed by atoms with Crippen molar-refractivity contribution in [1.82, 2.24) is 9.88 Å². The Labute approximate surface area is 147 Å². The van der Waals surface area contributed by atoms with E-state index in [1.54, 1.807) is 12.1 Å². The summed E-state index contributed by atoms with van der Waals surface area (Å²) in [6, 6.07) is 15.6. The molecule has 1 aliphatic heterocycles. The Bertz CT molecular complexity index is 856. The maximum absolute atomic E-state index is 13.4. The fraction of sp³-hybridized carbons (Fsp3) is 0.286. The standard InChI is InChI=1S/C21H22FN3/c22-20-2-1-3-21(15-20)25-12-10-24(11-13-25)9-7-17-4-5-18-6-8-23-16-19(18)14-17/h1-6,8,14-16H,7,9-13H2. The van der Waals surface area contributed by atoms with Gasteiger partial charge < -0.3 is 4.90 Å². The van der Waals surface area contributed by atoms with Gasteiger partial charge in [0.05, 0.1) is 0 Å². The third-order valence-electron chi connectivity index (χ3n) is 4.97. The second-order valence-corrected chi connectivity index (χ2v) is 6.62. The van der Waals surface area contributed by atoms with E-state index in [4.69, 9.17) is 0 Å². The first-order valence-corrected chi connectivity index (χ1v) is 8.83. The van der Waals surface area contributed by atoms with Gasteiger partial charge in [0.15, 0.2) is 0 Å². The van der Waals surface area contributed by atoms with E-state index < -0.39 is 0 Å². The normalized spacial score (nSPS) is 15.6. The van der Waals surface area contributed by atoms with E-state index in [-0.39, 0.29) is 5.82 Å². The summed E-state index contributed by atoms with van der Waals surface area (Å²) in [6.45, 7) is 5.00. The third kappa shape index (κ3) is 3.80. The lowest BCUT2D eigenvalue weighted by Gasteiger charge is -2.36. The molecule has 25 heavy (non-hydrogen) atoms. The summed E-state index contributed by atoms with van der Waals surface area (Å²) in [4.78, 5) is 8.96. The Morgan fingerprint density at radius 1 is 0.920 bits per heavy atom. The van der Waals surface area contributed by atoms with Crippen molar-refractivity contribution in [2.45, 2.75) is 6.42 Å². The fourth-order valence-electron chi connectivity index (χ4n) is 3.48. The highest BCUT2D eigenvalue weighted by molar-refractivity contribution is 5.81. The van der Waals surface area contributed by atoms with E-state index in [9.17, 15) is 4.39 Å². The molecule has 1 fully saturated rings. The van der Waals surface area contributed by atoms with Gasteiger partial charge in [0.1, 0.15) is 5.82 Å². The van der Waals surface area contributed by atoms with Crippen molar-refractivity contribution >= 4 is 16.5 Å². The highest BCUT2D eigenvalue weighted by atomic mass is 19.1. The molecule has 1 aromatic heterocycles. The van der Waals surface area contributed by atoms with Crippen molar-refractivity contribution in [3.63, 3.8) is 0 Å². The number of anilines is 1.